The molecular weight excluding hydrogens is 629 g/mol. The van der Waals surface area contributed by atoms with E-state index >= 15 is 0 Å². The molecule has 0 aliphatic heterocycles. The fourth-order valence-corrected chi connectivity index (χ4v) is 3.12. The first kappa shape index (κ1) is 25.0. The Morgan fingerprint density at radius 3 is 2.47 bits per heavy atom. The van der Waals surface area contributed by atoms with Gasteiger partial charge in [-0.3, -0.25) is 4.98 Å². The molecule has 2 heterocycles. The summed E-state index contributed by atoms with van der Waals surface area (Å²) < 4.78 is 15.8. The first-order chi connectivity index (χ1) is 13.9. The average molecular weight is 651 g/mol. The van der Waals surface area contributed by atoms with Gasteiger partial charge in [0.1, 0.15) is 11.6 Å². The first-order valence-corrected chi connectivity index (χ1v) is 17.1. The molecule has 165 valence electrons. The molecule has 0 spiro atoms. The summed E-state index contributed by atoms with van der Waals surface area (Å²) in [5.41, 5.74) is 3.48. The van der Waals surface area contributed by atoms with Gasteiger partial charge >= 0.3 is 42.4 Å². The van der Waals surface area contributed by atoms with Crippen molar-refractivity contribution < 1.29 is 18.6 Å². The number of rotatable bonds is 4. The van der Waals surface area contributed by atoms with E-state index in [9.17, 15) is 4.39 Å². The summed E-state index contributed by atoms with van der Waals surface area (Å²) >= 11 is -1.85. The first-order valence-electron chi connectivity index (χ1n) is 8.64. The number of likely N-dealkylation sites (N-methyl/N-ethyl adjacent to an activating group) is 1. The van der Waals surface area contributed by atoms with Crippen molar-refractivity contribution in [2.24, 2.45) is 0 Å². The van der Waals surface area contributed by atoms with Gasteiger partial charge in [0.05, 0.1) is 16.6 Å². The fourth-order valence-electron chi connectivity index (χ4n) is 3.12. The van der Waals surface area contributed by atoms with Crippen LogP contribution in [-0.2, 0) is 20.7 Å². The SMILES string of the molecule is CN(C)CCn1c(-c2cccc3cccnc23)nc2cc(F)ccc21.[CH3-].[Cl][Pt]([Cl])[Cl]. The Balaban J connectivity index is 0.000000591. The van der Waals surface area contributed by atoms with Gasteiger partial charge < -0.3 is 16.9 Å². The second-order valence-corrected chi connectivity index (χ2v) is 16.4. The molecular formula is C21H22Cl3FN4Pt-. The number of benzene rings is 2. The van der Waals surface area contributed by atoms with Crippen LogP contribution in [0.25, 0.3) is 33.3 Å². The topological polar surface area (TPSA) is 34.0 Å². The van der Waals surface area contributed by atoms with Crippen molar-refractivity contribution in [3.63, 3.8) is 0 Å². The predicted octanol–water partition coefficient (Wildman–Crippen LogP) is 6.47. The molecule has 4 rings (SSSR count). The number of imidazole rings is 1. The molecule has 0 saturated carbocycles. The Morgan fingerprint density at radius 2 is 1.77 bits per heavy atom. The van der Waals surface area contributed by atoms with Crippen LogP contribution in [0.4, 0.5) is 4.39 Å². The number of nitrogens with zero attached hydrogens (tertiary/aromatic N) is 4. The van der Waals surface area contributed by atoms with Crippen LogP contribution in [0, 0.1) is 13.2 Å². The van der Waals surface area contributed by atoms with E-state index in [0.717, 1.165) is 40.9 Å². The number of hydrogen-bond acceptors (Lipinski definition) is 3. The van der Waals surface area contributed by atoms with Crippen LogP contribution in [0.5, 0.6) is 0 Å². The van der Waals surface area contributed by atoms with Gasteiger partial charge in [0.2, 0.25) is 0 Å². The molecule has 2 aromatic carbocycles. The van der Waals surface area contributed by atoms with Gasteiger partial charge in [-0.15, -0.1) is 0 Å². The minimum absolute atomic E-state index is 0. The Hall–Kier alpha value is -1.23. The number of pyridine rings is 1. The van der Waals surface area contributed by atoms with Gasteiger partial charge in [0, 0.05) is 36.3 Å². The predicted molar refractivity (Wildman–Crippen MR) is 123 cm³/mol. The maximum atomic E-state index is 13.7. The molecule has 0 amide bonds. The molecule has 0 fully saturated rings. The van der Waals surface area contributed by atoms with Gasteiger partial charge in [-0.2, -0.15) is 0 Å². The third kappa shape index (κ3) is 6.15. The van der Waals surface area contributed by atoms with E-state index in [-0.39, 0.29) is 13.2 Å². The average Bonchev–Trinajstić information content (AvgIpc) is 3.02. The molecule has 0 aliphatic rings. The van der Waals surface area contributed by atoms with Crippen LogP contribution < -0.4 is 0 Å². The molecule has 4 nitrogen and oxygen atoms in total. The second kappa shape index (κ2) is 11.4. The van der Waals surface area contributed by atoms with Gasteiger partial charge in [-0.25, -0.2) is 9.37 Å². The van der Waals surface area contributed by atoms with Crippen LogP contribution in [0.15, 0.2) is 54.7 Å². The normalized spacial score (nSPS) is 11.2. The molecule has 0 aliphatic carbocycles. The molecule has 2 aromatic heterocycles. The zero-order chi connectivity index (χ0) is 21.0. The van der Waals surface area contributed by atoms with Crippen molar-refractivity contribution in [3.8, 4) is 11.4 Å². The minimum atomic E-state index is -1.85. The van der Waals surface area contributed by atoms with Crippen LogP contribution in [0.2, 0.25) is 0 Å². The number of halogens is 4. The van der Waals surface area contributed by atoms with Crippen LogP contribution in [0.3, 0.4) is 0 Å². The molecule has 0 atom stereocenters. The van der Waals surface area contributed by atoms with E-state index in [0.29, 0.717) is 5.52 Å². The maximum absolute atomic E-state index is 13.7. The van der Waals surface area contributed by atoms with Crippen LogP contribution in [-0.4, -0.2) is 40.1 Å². The summed E-state index contributed by atoms with van der Waals surface area (Å²) in [5.74, 6) is 0.555. The molecule has 0 N–H and O–H groups in total. The molecule has 4 aromatic rings. The van der Waals surface area contributed by atoms with Gasteiger partial charge in [-0.1, -0.05) is 18.2 Å². The quantitative estimate of drug-likeness (QED) is 0.238. The van der Waals surface area contributed by atoms with Crippen molar-refractivity contribution in [1.29, 1.82) is 0 Å². The van der Waals surface area contributed by atoms with E-state index in [4.69, 9.17) is 33.2 Å². The summed E-state index contributed by atoms with van der Waals surface area (Å²) in [6.45, 7) is 1.64. The molecule has 30 heavy (non-hydrogen) atoms. The Bertz CT molecular complexity index is 1110. The van der Waals surface area contributed by atoms with E-state index < -0.39 is 14.2 Å². The van der Waals surface area contributed by atoms with Crippen LogP contribution in [0.1, 0.15) is 0 Å². The summed E-state index contributed by atoms with van der Waals surface area (Å²) in [4.78, 5) is 11.4. The zero-order valence-corrected chi connectivity index (χ0v) is 21.3. The summed E-state index contributed by atoms with van der Waals surface area (Å²) in [7, 11) is 19.0. The number of aromatic nitrogens is 3. The van der Waals surface area contributed by atoms with E-state index in [1.54, 1.807) is 12.3 Å². The number of para-hydroxylation sites is 1. The van der Waals surface area contributed by atoms with Crippen molar-refractivity contribution in [3.05, 3.63) is 68.0 Å². The van der Waals surface area contributed by atoms with Gasteiger partial charge in [-0.05, 0) is 38.4 Å². The molecule has 0 unspecified atom stereocenters. The Morgan fingerprint density at radius 1 is 1.07 bits per heavy atom. The second-order valence-electron chi connectivity index (χ2n) is 6.54. The Labute approximate surface area is 193 Å². The Kier molecular flexibility index (Phi) is 9.52. The summed E-state index contributed by atoms with van der Waals surface area (Å²) in [6.07, 6.45) is 1.79. The molecule has 9 heteroatoms. The summed E-state index contributed by atoms with van der Waals surface area (Å²) in [6, 6.07) is 14.8. The number of fused-ring (bicyclic) bond motifs is 2. The molecule has 0 bridgehead atoms. The molecule has 0 radical (unpaired) electrons. The third-order valence-electron chi connectivity index (χ3n) is 4.35. The van der Waals surface area contributed by atoms with Crippen molar-refractivity contribution in [2.75, 3.05) is 20.6 Å². The zero-order valence-electron chi connectivity index (χ0n) is 16.7. The van der Waals surface area contributed by atoms with Crippen LogP contribution >= 0.6 is 28.3 Å². The van der Waals surface area contributed by atoms with E-state index in [1.165, 1.54) is 12.1 Å². The van der Waals surface area contributed by atoms with Crippen molar-refractivity contribution >= 4 is 50.2 Å². The van der Waals surface area contributed by atoms with Gasteiger partial charge in [0.15, 0.2) is 0 Å². The summed E-state index contributed by atoms with van der Waals surface area (Å²) in [5, 5.41) is 1.07. The monoisotopic (exact) mass is 649 g/mol. The molecule has 0 saturated heterocycles. The standard InChI is InChI=1S/C20H19FN4.CH3.3ClH.Pt/c1-24(2)11-12-25-18-9-8-15(21)13-17(18)23-20(25)16-7-3-5-14-6-4-10-22-19(14)16;;;;;/h3-10,13H,11-12H2,1-2H3;1H3;3*1H;/q;-1;;;;+3/p-3. The van der Waals surface area contributed by atoms with E-state index in [1.807, 2.05) is 44.4 Å². The number of hydrogen-bond donors (Lipinski definition) is 0. The van der Waals surface area contributed by atoms with Crippen molar-refractivity contribution in [1.82, 2.24) is 19.4 Å². The third-order valence-corrected chi connectivity index (χ3v) is 4.35. The van der Waals surface area contributed by atoms with Gasteiger partial charge in [0.25, 0.3) is 0 Å². The fraction of sp³-hybridized carbons (Fsp3) is 0.190. The van der Waals surface area contributed by atoms with Crippen molar-refractivity contribution in [2.45, 2.75) is 6.54 Å². The van der Waals surface area contributed by atoms with E-state index in [2.05, 4.69) is 14.5 Å².